The molecule has 0 atom stereocenters. The number of amides is 1. The molecule has 0 spiro atoms. The maximum absolute atomic E-state index is 13.8. The van der Waals surface area contributed by atoms with Crippen molar-refractivity contribution in [1.29, 1.82) is 0 Å². The zero-order valence-electron chi connectivity index (χ0n) is 11.7. The van der Waals surface area contributed by atoms with Crippen molar-refractivity contribution < 1.29 is 17.6 Å². The van der Waals surface area contributed by atoms with E-state index in [2.05, 4.69) is 11.9 Å². The van der Waals surface area contributed by atoms with E-state index in [0.717, 1.165) is 5.41 Å². The molecule has 0 saturated carbocycles. The highest BCUT2D eigenvalue weighted by atomic mass is 32.2. The Bertz CT molecular complexity index is 783. The Kier molecular flexibility index (Phi) is 4.77. The SMILES string of the molecule is C=CS(=O)(=O)CCC(=O)Nc1ccc(F)c(-n2cccc2)c1. The lowest BCUT2D eigenvalue weighted by Crippen LogP contribution is -2.16. The number of carbonyl (C=O) groups excluding carboxylic acids is 1. The molecule has 0 radical (unpaired) electrons. The van der Waals surface area contributed by atoms with Crippen molar-refractivity contribution in [3.05, 3.63) is 60.5 Å². The predicted octanol–water partition coefficient (Wildman–Crippen LogP) is 2.50. The van der Waals surface area contributed by atoms with Gasteiger partial charge in [0.25, 0.3) is 0 Å². The van der Waals surface area contributed by atoms with E-state index in [1.807, 2.05) is 0 Å². The van der Waals surface area contributed by atoms with Gasteiger partial charge in [0.1, 0.15) is 5.82 Å². The van der Waals surface area contributed by atoms with Crippen LogP contribution in [0.4, 0.5) is 10.1 Å². The number of sulfone groups is 1. The second kappa shape index (κ2) is 6.57. The quantitative estimate of drug-likeness (QED) is 0.888. The molecule has 0 bridgehead atoms. The number of nitrogens with one attached hydrogen (secondary N) is 1. The summed E-state index contributed by atoms with van der Waals surface area (Å²) in [6.45, 7) is 3.18. The van der Waals surface area contributed by atoms with Crippen LogP contribution in [0.5, 0.6) is 0 Å². The van der Waals surface area contributed by atoms with Gasteiger partial charge in [-0.2, -0.15) is 0 Å². The molecular formula is C15H15FN2O3S. The van der Waals surface area contributed by atoms with Crippen molar-refractivity contribution in [2.75, 3.05) is 11.1 Å². The first-order valence-electron chi connectivity index (χ1n) is 6.49. The molecule has 5 nitrogen and oxygen atoms in total. The lowest BCUT2D eigenvalue weighted by molar-refractivity contribution is -0.115. The number of anilines is 1. The summed E-state index contributed by atoms with van der Waals surface area (Å²) in [7, 11) is -3.42. The molecular weight excluding hydrogens is 307 g/mol. The average molecular weight is 322 g/mol. The van der Waals surface area contributed by atoms with Crippen molar-refractivity contribution in [2.45, 2.75) is 6.42 Å². The Hall–Kier alpha value is -2.41. The van der Waals surface area contributed by atoms with Crippen molar-refractivity contribution in [3.8, 4) is 5.69 Å². The van der Waals surface area contributed by atoms with Gasteiger partial charge in [-0.05, 0) is 30.3 Å². The monoisotopic (exact) mass is 322 g/mol. The van der Waals surface area contributed by atoms with Crippen LogP contribution in [0, 0.1) is 5.82 Å². The number of hydrogen-bond donors (Lipinski definition) is 1. The molecule has 0 unspecified atom stereocenters. The van der Waals surface area contributed by atoms with Crippen LogP contribution >= 0.6 is 0 Å². The van der Waals surface area contributed by atoms with Crippen LogP contribution < -0.4 is 5.32 Å². The molecule has 1 amide bonds. The molecule has 0 aliphatic rings. The average Bonchev–Trinajstić information content (AvgIpc) is 3.01. The fourth-order valence-corrected chi connectivity index (χ4v) is 2.46. The third-order valence-corrected chi connectivity index (χ3v) is 4.26. The Morgan fingerprint density at radius 2 is 2.00 bits per heavy atom. The molecule has 22 heavy (non-hydrogen) atoms. The summed E-state index contributed by atoms with van der Waals surface area (Å²) in [6.07, 6.45) is 3.17. The Balaban J connectivity index is 2.09. The van der Waals surface area contributed by atoms with Crippen LogP contribution in [0.2, 0.25) is 0 Å². The second-order valence-corrected chi connectivity index (χ2v) is 6.66. The first kappa shape index (κ1) is 16.0. The van der Waals surface area contributed by atoms with Gasteiger partial charge in [-0.15, -0.1) is 0 Å². The number of nitrogens with zero attached hydrogens (tertiary/aromatic N) is 1. The van der Waals surface area contributed by atoms with Crippen molar-refractivity contribution in [3.63, 3.8) is 0 Å². The van der Waals surface area contributed by atoms with Crippen LogP contribution in [-0.2, 0) is 14.6 Å². The van der Waals surface area contributed by atoms with Gasteiger partial charge >= 0.3 is 0 Å². The van der Waals surface area contributed by atoms with Crippen molar-refractivity contribution in [2.24, 2.45) is 0 Å². The smallest absolute Gasteiger partial charge is 0.225 e. The van der Waals surface area contributed by atoms with Gasteiger partial charge in [-0.3, -0.25) is 4.79 Å². The van der Waals surface area contributed by atoms with Gasteiger partial charge in [0.05, 0.1) is 11.4 Å². The van der Waals surface area contributed by atoms with Crippen molar-refractivity contribution >= 4 is 21.4 Å². The van der Waals surface area contributed by atoms with Gasteiger partial charge in [-0.1, -0.05) is 6.58 Å². The van der Waals surface area contributed by atoms with Gasteiger partial charge in [0, 0.05) is 29.9 Å². The molecule has 1 heterocycles. The summed E-state index contributed by atoms with van der Waals surface area (Å²) in [5.74, 6) is -1.20. The van der Waals surface area contributed by atoms with E-state index >= 15 is 0 Å². The summed E-state index contributed by atoms with van der Waals surface area (Å²) in [5.41, 5.74) is 0.688. The Labute approximate surface area is 128 Å². The highest BCUT2D eigenvalue weighted by molar-refractivity contribution is 7.94. The van der Waals surface area contributed by atoms with E-state index in [0.29, 0.717) is 11.4 Å². The maximum Gasteiger partial charge on any atom is 0.225 e. The van der Waals surface area contributed by atoms with E-state index in [4.69, 9.17) is 0 Å². The Morgan fingerprint density at radius 3 is 2.64 bits per heavy atom. The summed E-state index contributed by atoms with van der Waals surface area (Å²) >= 11 is 0. The molecule has 1 aromatic carbocycles. The second-order valence-electron chi connectivity index (χ2n) is 4.59. The van der Waals surface area contributed by atoms with Crippen LogP contribution in [0.25, 0.3) is 5.69 Å². The summed E-state index contributed by atoms with van der Waals surface area (Å²) in [4.78, 5) is 11.7. The normalized spacial score (nSPS) is 11.1. The fourth-order valence-electron chi connectivity index (χ4n) is 1.83. The molecule has 0 aliphatic carbocycles. The van der Waals surface area contributed by atoms with Gasteiger partial charge in [0.15, 0.2) is 9.84 Å². The van der Waals surface area contributed by atoms with Crippen LogP contribution in [-0.4, -0.2) is 24.6 Å². The predicted molar refractivity (Wildman–Crippen MR) is 83.0 cm³/mol. The maximum atomic E-state index is 13.8. The third-order valence-electron chi connectivity index (χ3n) is 2.98. The molecule has 1 N–H and O–H groups in total. The van der Waals surface area contributed by atoms with Gasteiger partial charge < -0.3 is 9.88 Å². The largest absolute Gasteiger partial charge is 0.326 e. The molecule has 7 heteroatoms. The van der Waals surface area contributed by atoms with E-state index in [-0.39, 0.29) is 12.2 Å². The highest BCUT2D eigenvalue weighted by Crippen LogP contribution is 2.19. The minimum atomic E-state index is -3.42. The number of halogens is 1. The third kappa shape index (κ3) is 4.05. The molecule has 116 valence electrons. The lowest BCUT2D eigenvalue weighted by atomic mass is 10.2. The zero-order valence-corrected chi connectivity index (χ0v) is 12.5. The topological polar surface area (TPSA) is 68.2 Å². The van der Waals surface area contributed by atoms with Crippen molar-refractivity contribution in [1.82, 2.24) is 4.57 Å². The highest BCUT2D eigenvalue weighted by Gasteiger charge is 2.11. The van der Waals surface area contributed by atoms with Gasteiger partial charge in [-0.25, -0.2) is 12.8 Å². The van der Waals surface area contributed by atoms with Crippen LogP contribution in [0.3, 0.4) is 0 Å². The van der Waals surface area contributed by atoms with E-state index < -0.39 is 21.6 Å². The van der Waals surface area contributed by atoms with Gasteiger partial charge in [0.2, 0.25) is 5.91 Å². The van der Waals surface area contributed by atoms with E-state index in [1.54, 1.807) is 29.1 Å². The molecule has 0 saturated heterocycles. The zero-order chi connectivity index (χ0) is 16.2. The number of aromatic nitrogens is 1. The van der Waals surface area contributed by atoms with Crippen LogP contribution in [0.1, 0.15) is 6.42 Å². The minimum Gasteiger partial charge on any atom is -0.326 e. The standard InChI is InChI=1S/C15H15FN2O3S/c1-2-22(20,21)10-7-15(19)17-12-5-6-13(16)14(11-12)18-8-3-4-9-18/h2-6,8-9,11H,1,7,10H2,(H,17,19). The fraction of sp³-hybridized carbons (Fsp3) is 0.133. The summed E-state index contributed by atoms with van der Waals surface area (Å²) in [6, 6.07) is 7.65. The Morgan fingerprint density at radius 1 is 1.32 bits per heavy atom. The number of benzene rings is 1. The number of rotatable bonds is 6. The molecule has 2 rings (SSSR count). The first-order valence-corrected chi connectivity index (χ1v) is 8.21. The molecule has 1 aromatic heterocycles. The summed E-state index contributed by atoms with van der Waals surface area (Å²) in [5, 5.41) is 3.37. The minimum absolute atomic E-state index is 0.190. The van der Waals surface area contributed by atoms with E-state index in [1.165, 1.54) is 18.2 Å². The lowest BCUT2D eigenvalue weighted by Gasteiger charge is -2.09. The molecule has 0 aliphatic heterocycles. The summed E-state index contributed by atoms with van der Waals surface area (Å²) < 4.78 is 37.9. The molecule has 2 aromatic rings. The van der Waals surface area contributed by atoms with Crippen LogP contribution in [0.15, 0.2) is 54.7 Å². The van der Waals surface area contributed by atoms with E-state index in [9.17, 15) is 17.6 Å². The first-order chi connectivity index (χ1) is 10.4. The number of carbonyl (C=O) groups is 1. The number of hydrogen-bond acceptors (Lipinski definition) is 3. The molecule has 0 fully saturated rings.